The smallest absolute Gasteiger partial charge is 0.408 e. The van der Waals surface area contributed by atoms with E-state index in [1.165, 1.54) is 18.2 Å². The summed E-state index contributed by atoms with van der Waals surface area (Å²) in [6, 6.07) is 5.84. The Labute approximate surface area is 140 Å². The normalized spacial score (nSPS) is 27.1. The van der Waals surface area contributed by atoms with Crippen molar-refractivity contribution in [3.05, 3.63) is 35.6 Å². The molecule has 0 spiro atoms. The highest BCUT2D eigenvalue weighted by molar-refractivity contribution is 5.69. The van der Waals surface area contributed by atoms with Gasteiger partial charge in [-0.2, -0.15) is 0 Å². The van der Waals surface area contributed by atoms with Crippen LogP contribution in [0.4, 0.5) is 13.6 Å². The molecule has 0 bridgehead atoms. The number of rotatable bonds is 4. The zero-order valence-electron chi connectivity index (χ0n) is 14.0. The minimum Gasteiger partial charge on any atom is -0.444 e. The van der Waals surface area contributed by atoms with E-state index >= 15 is 0 Å². The molecule has 1 aliphatic heterocycles. The fourth-order valence-electron chi connectivity index (χ4n) is 2.99. The van der Waals surface area contributed by atoms with Crippen LogP contribution in [-0.4, -0.2) is 42.8 Å². The summed E-state index contributed by atoms with van der Waals surface area (Å²) in [4.78, 5) is 12.3. The minimum atomic E-state index is -1.40. The molecular weight excluding hydrogens is 320 g/mol. The molecule has 1 aliphatic rings. The number of hydrogen-bond donors (Lipinski definition) is 2. The number of hydrogen-bond acceptors (Lipinski definition) is 4. The molecule has 0 radical (unpaired) electrons. The molecule has 2 N–H and O–H groups in total. The highest BCUT2D eigenvalue weighted by Crippen LogP contribution is 2.40. The van der Waals surface area contributed by atoms with E-state index in [2.05, 4.69) is 5.32 Å². The first-order valence-electron chi connectivity index (χ1n) is 7.78. The average Bonchev–Trinajstić information content (AvgIpc) is 2.83. The summed E-state index contributed by atoms with van der Waals surface area (Å²) in [5.74, 6) is -1.41. The Balaban J connectivity index is 2.43. The van der Waals surface area contributed by atoms with Gasteiger partial charge in [-0.1, -0.05) is 18.2 Å². The molecule has 7 heteroatoms. The van der Waals surface area contributed by atoms with Crippen molar-refractivity contribution in [3.63, 3.8) is 0 Å². The van der Waals surface area contributed by atoms with Crippen molar-refractivity contribution in [1.29, 1.82) is 0 Å². The van der Waals surface area contributed by atoms with Gasteiger partial charge < -0.3 is 19.9 Å². The molecule has 0 unspecified atom stereocenters. The summed E-state index contributed by atoms with van der Waals surface area (Å²) in [6.07, 6.45) is -1.73. The van der Waals surface area contributed by atoms with Crippen LogP contribution < -0.4 is 5.32 Å². The third-order valence-corrected chi connectivity index (χ3v) is 4.03. The molecule has 1 saturated heterocycles. The van der Waals surface area contributed by atoms with Crippen molar-refractivity contribution in [2.45, 2.75) is 38.0 Å². The van der Waals surface area contributed by atoms with Crippen molar-refractivity contribution >= 4 is 6.09 Å². The first-order valence-corrected chi connectivity index (χ1v) is 7.78. The molecule has 1 fully saturated rings. The molecule has 1 aromatic rings. The van der Waals surface area contributed by atoms with Crippen molar-refractivity contribution in [1.82, 2.24) is 5.32 Å². The second kappa shape index (κ2) is 7.03. The highest BCUT2D eigenvalue weighted by atomic mass is 19.1. The van der Waals surface area contributed by atoms with Crippen LogP contribution in [0.25, 0.3) is 0 Å². The van der Waals surface area contributed by atoms with Crippen LogP contribution in [0.15, 0.2) is 24.3 Å². The predicted molar refractivity (Wildman–Crippen MR) is 83.7 cm³/mol. The summed E-state index contributed by atoms with van der Waals surface area (Å²) in [6.45, 7) is 3.60. The van der Waals surface area contributed by atoms with Crippen molar-refractivity contribution in [2.24, 2.45) is 5.92 Å². The molecule has 0 saturated carbocycles. The molecule has 2 rings (SSSR count). The number of ether oxygens (including phenoxy) is 2. The van der Waals surface area contributed by atoms with Crippen LogP contribution in [0.2, 0.25) is 0 Å². The maximum Gasteiger partial charge on any atom is 0.408 e. The van der Waals surface area contributed by atoms with Crippen LogP contribution >= 0.6 is 0 Å². The van der Waals surface area contributed by atoms with E-state index in [4.69, 9.17) is 9.47 Å². The van der Waals surface area contributed by atoms with E-state index in [1.807, 2.05) is 0 Å². The van der Waals surface area contributed by atoms with Crippen LogP contribution in [0, 0.1) is 11.7 Å². The molecule has 1 amide bonds. The Bertz CT molecular complexity index is 590. The average molecular weight is 343 g/mol. The highest BCUT2D eigenvalue weighted by Gasteiger charge is 2.53. The van der Waals surface area contributed by atoms with Gasteiger partial charge in [0.2, 0.25) is 0 Å². The van der Waals surface area contributed by atoms with Crippen molar-refractivity contribution in [3.8, 4) is 0 Å². The zero-order valence-corrected chi connectivity index (χ0v) is 14.0. The topological polar surface area (TPSA) is 67.8 Å². The van der Waals surface area contributed by atoms with Gasteiger partial charge >= 0.3 is 6.09 Å². The standard InChI is InChI=1S/C17H23F2NO4/c1-16(2,3)24-15(22)20-17(11-6-4-5-7-13(11)19)10-23-14(8-18)12(17)9-21/h4-7,12,14,21H,8-10H2,1-3H3,(H,20,22)/t12-,14-,17-/m1/s1. The maximum absolute atomic E-state index is 14.4. The number of halogens is 2. The fourth-order valence-corrected chi connectivity index (χ4v) is 2.99. The molecule has 1 aromatic carbocycles. The Morgan fingerprint density at radius 3 is 2.67 bits per heavy atom. The second-order valence-electron chi connectivity index (χ2n) is 6.87. The molecule has 24 heavy (non-hydrogen) atoms. The first kappa shape index (κ1) is 18.6. The molecule has 0 aromatic heterocycles. The Morgan fingerprint density at radius 1 is 1.46 bits per heavy atom. The zero-order chi connectivity index (χ0) is 18.0. The summed E-state index contributed by atoms with van der Waals surface area (Å²) in [5.41, 5.74) is -2.03. The van der Waals surface area contributed by atoms with Gasteiger partial charge in [-0.25, -0.2) is 13.6 Å². The van der Waals surface area contributed by atoms with Gasteiger partial charge in [0.15, 0.2) is 0 Å². The Hall–Kier alpha value is -1.73. The molecule has 5 nitrogen and oxygen atoms in total. The van der Waals surface area contributed by atoms with Gasteiger partial charge in [0.05, 0.1) is 19.3 Å². The van der Waals surface area contributed by atoms with Gasteiger partial charge in [0.25, 0.3) is 0 Å². The lowest BCUT2D eigenvalue weighted by Gasteiger charge is -2.36. The number of alkyl halides is 1. The molecule has 134 valence electrons. The number of aliphatic hydroxyl groups excluding tert-OH is 1. The SMILES string of the molecule is CC(C)(C)OC(=O)N[C@@]1(c2ccccc2F)CO[C@H](CF)[C@H]1CO. The second-order valence-corrected chi connectivity index (χ2v) is 6.87. The summed E-state index contributed by atoms with van der Waals surface area (Å²) >= 11 is 0. The number of alkyl carbamates (subject to hydrolysis) is 1. The number of carbonyl (C=O) groups excluding carboxylic acids is 1. The van der Waals surface area contributed by atoms with Crippen LogP contribution in [-0.2, 0) is 15.0 Å². The first-order chi connectivity index (χ1) is 11.2. The lowest BCUT2D eigenvalue weighted by atomic mass is 9.78. The van der Waals surface area contributed by atoms with Crippen molar-refractivity contribution < 1.29 is 28.2 Å². The van der Waals surface area contributed by atoms with Gasteiger partial charge in [0, 0.05) is 11.5 Å². The van der Waals surface area contributed by atoms with Gasteiger partial charge in [-0.15, -0.1) is 0 Å². The maximum atomic E-state index is 14.4. The molecule has 1 heterocycles. The monoisotopic (exact) mass is 343 g/mol. The third-order valence-electron chi connectivity index (χ3n) is 4.03. The number of amides is 1. The Kier molecular flexibility index (Phi) is 5.45. The van der Waals surface area contributed by atoms with E-state index in [9.17, 15) is 18.7 Å². The van der Waals surface area contributed by atoms with E-state index in [0.717, 1.165) is 0 Å². The Morgan fingerprint density at radius 2 is 2.12 bits per heavy atom. The predicted octanol–water partition coefficient (Wildman–Crippen LogP) is 2.52. The van der Waals surface area contributed by atoms with Crippen LogP contribution in [0.5, 0.6) is 0 Å². The van der Waals surface area contributed by atoms with Gasteiger partial charge in [-0.3, -0.25) is 0 Å². The lowest BCUT2D eigenvalue weighted by Crippen LogP contribution is -2.54. The van der Waals surface area contributed by atoms with Crippen LogP contribution in [0.3, 0.4) is 0 Å². The van der Waals surface area contributed by atoms with E-state index in [1.54, 1.807) is 26.8 Å². The molecule has 0 aliphatic carbocycles. The van der Waals surface area contributed by atoms with E-state index < -0.39 is 48.4 Å². The number of aliphatic hydroxyl groups is 1. The summed E-state index contributed by atoms with van der Waals surface area (Å²) < 4.78 is 38.3. The molecule has 3 atom stereocenters. The summed E-state index contributed by atoms with van der Waals surface area (Å²) in [5, 5.41) is 12.4. The number of carbonyl (C=O) groups is 1. The number of benzene rings is 1. The molecular formula is C17H23F2NO4. The third kappa shape index (κ3) is 3.67. The van der Waals surface area contributed by atoms with Gasteiger partial charge in [-0.05, 0) is 26.8 Å². The fraction of sp³-hybridized carbons (Fsp3) is 0.588. The quantitative estimate of drug-likeness (QED) is 0.882. The number of nitrogens with one attached hydrogen (secondary N) is 1. The minimum absolute atomic E-state index is 0.130. The summed E-state index contributed by atoms with van der Waals surface area (Å²) in [7, 11) is 0. The van der Waals surface area contributed by atoms with Crippen molar-refractivity contribution in [2.75, 3.05) is 19.9 Å². The van der Waals surface area contributed by atoms with Gasteiger partial charge in [0.1, 0.15) is 23.6 Å². The van der Waals surface area contributed by atoms with E-state index in [-0.39, 0.29) is 12.2 Å². The van der Waals surface area contributed by atoms with Crippen LogP contribution in [0.1, 0.15) is 26.3 Å². The lowest BCUT2D eigenvalue weighted by molar-refractivity contribution is 0.0385. The van der Waals surface area contributed by atoms with E-state index in [0.29, 0.717) is 0 Å². The largest absolute Gasteiger partial charge is 0.444 e.